The average Bonchev–Trinajstić information content (AvgIpc) is 2.38. The SMILES string of the molecule is CC(N)c1ccc(N2CCOC(C#N)C2)c(F)c1. The van der Waals surface area contributed by atoms with E-state index in [0.29, 0.717) is 25.4 Å². The Bertz CT molecular complexity index is 470. The lowest BCUT2D eigenvalue weighted by Gasteiger charge is -2.32. The second-order valence-corrected chi connectivity index (χ2v) is 4.43. The van der Waals surface area contributed by atoms with Crippen LogP contribution in [0.4, 0.5) is 10.1 Å². The third-order valence-corrected chi connectivity index (χ3v) is 3.05. The smallest absolute Gasteiger partial charge is 0.161 e. The number of benzene rings is 1. The molecule has 0 aromatic heterocycles. The fourth-order valence-corrected chi connectivity index (χ4v) is 2.01. The molecule has 0 amide bonds. The van der Waals surface area contributed by atoms with Crippen LogP contribution in [0.15, 0.2) is 18.2 Å². The van der Waals surface area contributed by atoms with E-state index in [0.717, 1.165) is 5.56 Å². The van der Waals surface area contributed by atoms with Crippen LogP contribution in [0.2, 0.25) is 0 Å². The molecule has 1 aliphatic heterocycles. The highest BCUT2D eigenvalue weighted by molar-refractivity contribution is 5.50. The highest BCUT2D eigenvalue weighted by Crippen LogP contribution is 2.24. The number of ether oxygens (including phenoxy) is 1. The number of rotatable bonds is 2. The van der Waals surface area contributed by atoms with E-state index < -0.39 is 6.10 Å². The predicted octanol–water partition coefficient (Wildman–Crippen LogP) is 1.57. The van der Waals surface area contributed by atoms with Gasteiger partial charge < -0.3 is 15.4 Å². The maximum atomic E-state index is 14.0. The molecule has 2 atom stereocenters. The Kier molecular flexibility index (Phi) is 3.80. The molecule has 0 spiro atoms. The first-order chi connectivity index (χ1) is 8.61. The van der Waals surface area contributed by atoms with Crippen LogP contribution >= 0.6 is 0 Å². The number of nitrogens with two attached hydrogens (primary N) is 1. The van der Waals surface area contributed by atoms with Crippen molar-refractivity contribution in [2.24, 2.45) is 5.73 Å². The molecule has 5 heteroatoms. The molecule has 2 rings (SSSR count). The zero-order valence-corrected chi connectivity index (χ0v) is 10.3. The highest BCUT2D eigenvalue weighted by Gasteiger charge is 2.22. The molecule has 18 heavy (non-hydrogen) atoms. The predicted molar refractivity (Wildman–Crippen MR) is 66.6 cm³/mol. The van der Waals surface area contributed by atoms with Crippen LogP contribution in [0.1, 0.15) is 18.5 Å². The van der Waals surface area contributed by atoms with Crippen LogP contribution in [0.3, 0.4) is 0 Å². The summed E-state index contributed by atoms with van der Waals surface area (Å²) in [5, 5.41) is 8.83. The van der Waals surface area contributed by atoms with Gasteiger partial charge >= 0.3 is 0 Å². The first-order valence-corrected chi connectivity index (χ1v) is 5.93. The molecule has 0 saturated carbocycles. The Morgan fingerprint density at radius 1 is 1.61 bits per heavy atom. The first-order valence-electron chi connectivity index (χ1n) is 5.93. The fraction of sp³-hybridized carbons (Fsp3) is 0.462. The second kappa shape index (κ2) is 5.34. The van der Waals surface area contributed by atoms with Crippen molar-refractivity contribution in [3.63, 3.8) is 0 Å². The van der Waals surface area contributed by atoms with Gasteiger partial charge in [-0.1, -0.05) is 6.07 Å². The van der Waals surface area contributed by atoms with Crippen molar-refractivity contribution in [2.45, 2.75) is 19.1 Å². The number of hydrogen-bond donors (Lipinski definition) is 1. The van der Waals surface area contributed by atoms with Crippen molar-refractivity contribution in [1.82, 2.24) is 0 Å². The van der Waals surface area contributed by atoms with Crippen LogP contribution in [-0.4, -0.2) is 25.8 Å². The molecule has 1 aliphatic rings. The van der Waals surface area contributed by atoms with Crippen LogP contribution in [0, 0.1) is 17.1 Å². The fourth-order valence-electron chi connectivity index (χ4n) is 2.01. The lowest BCUT2D eigenvalue weighted by molar-refractivity contribution is 0.0762. The van der Waals surface area contributed by atoms with Crippen molar-refractivity contribution in [2.75, 3.05) is 24.6 Å². The molecule has 1 aromatic rings. The lowest BCUT2D eigenvalue weighted by atomic mass is 10.1. The van der Waals surface area contributed by atoms with E-state index in [-0.39, 0.29) is 11.9 Å². The summed E-state index contributed by atoms with van der Waals surface area (Å²) in [5.74, 6) is -0.302. The summed E-state index contributed by atoms with van der Waals surface area (Å²) < 4.78 is 19.2. The standard InChI is InChI=1S/C13H16FN3O/c1-9(16)10-2-3-13(12(14)6-10)17-4-5-18-11(7-15)8-17/h2-3,6,9,11H,4-5,8,16H2,1H3. The molecular weight excluding hydrogens is 233 g/mol. The van der Waals surface area contributed by atoms with Gasteiger partial charge in [0.05, 0.1) is 24.9 Å². The summed E-state index contributed by atoms with van der Waals surface area (Å²) in [6.07, 6.45) is -0.494. The highest BCUT2D eigenvalue weighted by atomic mass is 19.1. The summed E-state index contributed by atoms with van der Waals surface area (Å²) in [7, 11) is 0. The largest absolute Gasteiger partial charge is 0.363 e. The van der Waals surface area contributed by atoms with Gasteiger partial charge in [-0.25, -0.2) is 4.39 Å². The van der Waals surface area contributed by atoms with Gasteiger partial charge in [-0.2, -0.15) is 5.26 Å². The topological polar surface area (TPSA) is 62.3 Å². The molecule has 0 radical (unpaired) electrons. The third-order valence-electron chi connectivity index (χ3n) is 3.05. The van der Waals surface area contributed by atoms with E-state index in [1.54, 1.807) is 6.07 Å². The summed E-state index contributed by atoms with van der Waals surface area (Å²) in [4.78, 5) is 1.83. The minimum absolute atomic E-state index is 0.190. The maximum absolute atomic E-state index is 14.0. The van der Waals surface area contributed by atoms with Gasteiger partial charge in [0.15, 0.2) is 6.10 Å². The van der Waals surface area contributed by atoms with Gasteiger partial charge in [0.2, 0.25) is 0 Å². The minimum atomic E-state index is -0.494. The lowest BCUT2D eigenvalue weighted by Crippen LogP contribution is -2.42. The number of halogens is 1. The normalized spacial score (nSPS) is 21.4. The van der Waals surface area contributed by atoms with Crippen LogP contribution < -0.4 is 10.6 Å². The number of nitriles is 1. The van der Waals surface area contributed by atoms with Gasteiger partial charge in [0, 0.05) is 12.6 Å². The monoisotopic (exact) mass is 249 g/mol. The van der Waals surface area contributed by atoms with E-state index in [1.807, 2.05) is 24.0 Å². The maximum Gasteiger partial charge on any atom is 0.161 e. The van der Waals surface area contributed by atoms with Crippen LogP contribution in [0.25, 0.3) is 0 Å². The van der Waals surface area contributed by atoms with Crippen molar-refractivity contribution >= 4 is 5.69 Å². The van der Waals surface area contributed by atoms with E-state index >= 15 is 0 Å². The Balaban J connectivity index is 2.21. The van der Waals surface area contributed by atoms with Gasteiger partial charge in [-0.15, -0.1) is 0 Å². The molecule has 0 bridgehead atoms. The van der Waals surface area contributed by atoms with Crippen molar-refractivity contribution < 1.29 is 9.13 Å². The summed E-state index contributed by atoms with van der Waals surface area (Å²) in [6.45, 7) is 3.24. The van der Waals surface area contributed by atoms with Crippen molar-refractivity contribution in [3.8, 4) is 6.07 Å². The van der Waals surface area contributed by atoms with Gasteiger partial charge in [-0.05, 0) is 24.6 Å². The molecule has 2 N–H and O–H groups in total. The van der Waals surface area contributed by atoms with Gasteiger partial charge in [0.25, 0.3) is 0 Å². The van der Waals surface area contributed by atoms with Gasteiger partial charge in [-0.3, -0.25) is 0 Å². The van der Waals surface area contributed by atoms with Gasteiger partial charge in [0.1, 0.15) is 5.82 Å². The number of hydrogen-bond acceptors (Lipinski definition) is 4. The molecule has 4 nitrogen and oxygen atoms in total. The molecule has 1 fully saturated rings. The van der Waals surface area contributed by atoms with Crippen LogP contribution in [0.5, 0.6) is 0 Å². The number of nitrogens with zero attached hydrogens (tertiary/aromatic N) is 2. The van der Waals surface area contributed by atoms with E-state index in [4.69, 9.17) is 15.7 Å². The van der Waals surface area contributed by atoms with E-state index in [2.05, 4.69) is 0 Å². The average molecular weight is 249 g/mol. The van der Waals surface area contributed by atoms with E-state index in [9.17, 15) is 4.39 Å². The van der Waals surface area contributed by atoms with Crippen molar-refractivity contribution in [1.29, 1.82) is 5.26 Å². The van der Waals surface area contributed by atoms with Crippen LogP contribution in [-0.2, 0) is 4.74 Å². The quantitative estimate of drug-likeness (QED) is 0.864. The molecule has 2 unspecified atom stereocenters. The Morgan fingerprint density at radius 3 is 3.00 bits per heavy atom. The molecular formula is C13H16FN3O. The summed E-state index contributed by atoms with van der Waals surface area (Å²) in [6, 6.07) is 6.85. The summed E-state index contributed by atoms with van der Waals surface area (Å²) in [5.41, 5.74) is 6.98. The Labute approximate surface area is 106 Å². The number of morpholine rings is 1. The Morgan fingerprint density at radius 2 is 2.39 bits per heavy atom. The third kappa shape index (κ3) is 2.61. The zero-order chi connectivity index (χ0) is 13.1. The molecule has 1 heterocycles. The zero-order valence-electron chi connectivity index (χ0n) is 10.3. The molecule has 1 saturated heterocycles. The number of anilines is 1. The molecule has 96 valence electrons. The second-order valence-electron chi connectivity index (χ2n) is 4.43. The van der Waals surface area contributed by atoms with Crippen molar-refractivity contribution in [3.05, 3.63) is 29.6 Å². The first kappa shape index (κ1) is 12.8. The Hall–Kier alpha value is -1.64. The van der Waals surface area contributed by atoms with E-state index in [1.165, 1.54) is 6.07 Å². The minimum Gasteiger partial charge on any atom is -0.363 e. The molecule has 1 aromatic carbocycles. The molecule has 0 aliphatic carbocycles. The summed E-state index contributed by atoms with van der Waals surface area (Å²) >= 11 is 0.